The summed E-state index contributed by atoms with van der Waals surface area (Å²) in [7, 11) is 0. The molecule has 66 valence electrons. The van der Waals surface area contributed by atoms with Crippen LogP contribution in [-0.2, 0) is 6.42 Å². The van der Waals surface area contributed by atoms with Crippen molar-refractivity contribution in [2.24, 2.45) is 0 Å². The highest BCUT2D eigenvalue weighted by atomic mass is 19.1. The Labute approximate surface area is 70.8 Å². The van der Waals surface area contributed by atoms with Gasteiger partial charge in [0.25, 0.3) is 0 Å². The molecule has 1 rings (SSSR count). The van der Waals surface area contributed by atoms with Gasteiger partial charge in [-0.1, -0.05) is 0 Å². The lowest BCUT2D eigenvalue weighted by molar-refractivity contribution is 0.460. The Hall–Kier alpha value is -1.19. The molecule has 0 radical (unpaired) electrons. The number of halogens is 1. The molecular formula is C8H12FN3. The van der Waals surface area contributed by atoms with Crippen molar-refractivity contribution in [1.82, 2.24) is 9.97 Å². The third-order valence-corrected chi connectivity index (χ3v) is 1.51. The van der Waals surface area contributed by atoms with Crippen molar-refractivity contribution in [1.29, 1.82) is 0 Å². The van der Waals surface area contributed by atoms with Gasteiger partial charge >= 0.3 is 0 Å². The van der Waals surface area contributed by atoms with Gasteiger partial charge in [0.1, 0.15) is 11.6 Å². The third kappa shape index (κ3) is 2.82. The first-order chi connectivity index (χ1) is 5.83. The summed E-state index contributed by atoms with van der Waals surface area (Å²) in [5.74, 6) is 1.17. The fraction of sp³-hybridized carbons (Fsp3) is 0.500. The summed E-state index contributed by atoms with van der Waals surface area (Å²) < 4.78 is 11.7. The van der Waals surface area contributed by atoms with Crippen molar-refractivity contribution in [3.63, 3.8) is 0 Å². The maximum absolute atomic E-state index is 11.7. The van der Waals surface area contributed by atoms with Gasteiger partial charge < -0.3 is 5.73 Å². The number of hydrogen-bond acceptors (Lipinski definition) is 3. The maximum atomic E-state index is 11.7. The zero-order chi connectivity index (χ0) is 8.81. The largest absolute Gasteiger partial charge is 0.384 e. The molecule has 0 aliphatic rings. The molecule has 0 saturated heterocycles. The van der Waals surface area contributed by atoms with Gasteiger partial charge in [0.2, 0.25) is 0 Å². The van der Waals surface area contributed by atoms with Gasteiger partial charge in [-0.2, -0.15) is 0 Å². The Kier molecular flexibility index (Phi) is 3.44. The Morgan fingerprint density at radius 3 is 2.92 bits per heavy atom. The molecule has 0 spiro atoms. The lowest BCUT2D eigenvalue weighted by Gasteiger charge is -1.98. The van der Waals surface area contributed by atoms with Crippen molar-refractivity contribution in [3.05, 3.63) is 18.1 Å². The van der Waals surface area contributed by atoms with E-state index in [1.54, 1.807) is 12.3 Å². The molecule has 4 heteroatoms. The van der Waals surface area contributed by atoms with Crippen LogP contribution in [0.3, 0.4) is 0 Å². The minimum absolute atomic E-state index is 0.275. The van der Waals surface area contributed by atoms with E-state index in [1.165, 1.54) is 0 Å². The van der Waals surface area contributed by atoms with Crippen LogP contribution < -0.4 is 5.73 Å². The number of hydrogen-bond donors (Lipinski definition) is 1. The molecule has 0 bridgehead atoms. The van der Waals surface area contributed by atoms with Crippen molar-refractivity contribution >= 4 is 5.82 Å². The highest BCUT2D eigenvalue weighted by Gasteiger charge is 1.96. The zero-order valence-electron chi connectivity index (χ0n) is 6.83. The number of alkyl halides is 1. The fourth-order valence-electron chi connectivity index (χ4n) is 0.913. The Bertz CT molecular complexity index is 239. The summed E-state index contributed by atoms with van der Waals surface area (Å²) in [5, 5.41) is 0. The van der Waals surface area contributed by atoms with Gasteiger partial charge in [-0.05, 0) is 18.9 Å². The predicted molar refractivity (Wildman–Crippen MR) is 45.4 cm³/mol. The van der Waals surface area contributed by atoms with Crippen molar-refractivity contribution in [2.45, 2.75) is 19.3 Å². The quantitative estimate of drug-likeness (QED) is 0.692. The normalized spacial score (nSPS) is 10.1. The number of rotatable bonds is 4. The monoisotopic (exact) mass is 169 g/mol. The molecule has 0 aliphatic carbocycles. The van der Waals surface area contributed by atoms with Crippen LogP contribution in [0.4, 0.5) is 10.2 Å². The maximum Gasteiger partial charge on any atom is 0.130 e. The van der Waals surface area contributed by atoms with Crippen LogP contribution in [0.1, 0.15) is 18.7 Å². The first-order valence-electron chi connectivity index (χ1n) is 3.96. The Balaban J connectivity index is 2.41. The average molecular weight is 169 g/mol. The van der Waals surface area contributed by atoms with Crippen LogP contribution in [0.2, 0.25) is 0 Å². The summed E-state index contributed by atoms with van der Waals surface area (Å²) in [4.78, 5) is 7.99. The molecule has 12 heavy (non-hydrogen) atoms. The highest BCUT2D eigenvalue weighted by molar-refractivity contribution is 5.24. The predicted octanol–water partition coefficient (Wildman–Crippen LogP) is 1.35. The van der Waals surface area contributed by atoms with Crippen LogP contribution in [0, 0.1) is 0 Å². The number of aryl methyl sites for hydroxylation is 1. The Morgan fingerprint density at radius 1 is 1.42 bits per heavy atom. The van der Waals surface area contributed by atoms with E-state index >= 15 is 0 Å². The molecule has 3 nitrogen and oxygen atoms in total. The second-order valence-electron chi connectivity index (χ2n) is 2.54. The molecule has 1 aromatic heterocycles. The second kappa shape index (κ2) is 4.64. The van der Waals surface area contributed by atoms with E-state index in [0.29, 0.717) is 24.5 Å². The molecule has 0 saturated carbocycles. The average Bonchev–Trinajstić information content (AvgIpc) is 2.05. The minimum atomic E-state index is -0.275. The van der Waals surface area contributed by atoms with E-state index < -0.39 is 0 Å². The number of aromatic nitrogens is 2. The molecular weight excluding hydrogens is 157 g/mol. The number of nitrogens with zero attached hydrogens (tertiary/aromatic N) is 2. The molecule has 0 atom stereocenters. The van der Waals surface area contributed by atoms with Gasteiger partial charge in [0.05, 0.1) is 6.67 Å². The second-order valence-corrected chi connectivity index (χ2v) is 2.54. The van der Waals surface area contributed by atoms with Gasteiger partial charge in [-0.15, -0.1) is 0 Å². The van der Waals surface area contributed by atoms with Crippen molar-refractivity contribution in [3.8, 4) is 0 Å². The molecule has 2 N–H and O–H groups in total. The molecule has 0 aliphatic heterocycles. The summed E-state index contributed by atoms with van der Waals surface area (Å²) >= 11 is 0. The summed E-state index contributed by atoms with van der Waals surface area (Å²) in [5.41, 5.74) is 5.44. The lowest BCUT2D eigenvalue weighted by Crippen LogP contribution is -1.98. The van der Waals surface area contributed by atoms with Crippen LogP contribution in [0.5, 0.6) is 0 Å². The van der Waals surface area contributed by atoms with E-state index in [-0.39, 0.29) is 6.67 Å². The number of unbranched alkanes of at least 4 members (excludes halogenated alkanes) is 1. The van der Waals surface area contributed by atoms with Crippen LogP contribution in [-0.4, -0.2) is 16.6 Å². The van der Waals surface area contributed by atoms with Gasteiger partial charge in [0.15, 0.2) is 0 Å². The molecule has 0 fully saturated rings. The van der Waals surface area contributed by atoms with Crippen molar-refractivity contribution < 1.29 is 4.39 Å². The first kappa shape index (κ1) is 8.90. The van der Waals surface area contributed by atoms with E-state index in [2.05, 4.69) is 9.97 Å². The van der Waals surface area contributed by atoms with E-state index in [0.717, 1.165) is 6.42 Å². The van der Waals surface area contributed by atoms with E-state index in [1.807, 2.05) is 0 Å². The molecule has 1 aromatic rings. The minimum Gasteiger partial charge on any atom is -0.384 e. The smallest absolute Gasteiger partial charge is 0.130 e. The van der Waals surface area contributed by atoms with Gasteiger partial charge in [0, 0.05) is 12.6 Å². The summed E-state index contributed by atoms with van der Waals surface area (Å²) in [6.07, 6.45) is 3.67. The van der Waals surface area contributed by atoms with Gasteiger partial charge in [-0.25, -0.2) is 9.97 Å². The number of anilines is 1. The number of nitrogens with two attached hydrogens (primary N) is 1. The van der Waals surface area contributed by atoms with Gasteiger partial charge in [-0.3, -0.25) is 4.39 Å². The van der Waals surface area contributed by atoms with E-state index in [9.17, 15) is 4.39 Å². The fourth-order valence-corrected chi connectivity index (χ4v) is 0.913. The first-order valence-corrected chi connectivity index (χ1v) is 3.96. The van der Waals surface area contributed by atoms with E-state index in [4.69, 9.17) is 5.73 Å². The SMILES string of the molecule is Nc1ccnc(CCCCF)n1. The zero-order valence-corrected chi connectivity index (χ0v) is 6.83. The lowest BCUT2D eigenvalue weighted by atomic mass is 10.2. The number of nitrogen functional groups attached to an aromatic ring is 1. The highest BCUT2D eigenvalue weighted by Crippen LogP contribution is 2.01. The summed E-state index contributed by atoms with van der Waals surface area (Å²) in [6, 6.07) is 1.64. The molecule has 1 heterocycles. The third-order valence-electron chi connectivity index (χ3n) is 1.51. The molecule has 0 aromatic carbocycles. The Morgan fingerprint density at radius 2 is 2.25 bits per heavy atom. The van der Waals surface area contributed by atoms with Crippen LogP contribution >= 0.6 is 0 Å². The van der Waals surface area contributed by atoms with Crippen LogP contribution in [0.15, 0.2) is 12.3 Å². The topological polar surface area (TPSA) is 51.8 Å². The molecule has 0 unspecified atom stereocenters. The van der Waals surface area contributed by atoms with Crippen molar-refractivity contribution in [2.75, 3.05) is 12.4 Å². The van der Waals surface area contributed by atoms with Crippen LogP contribution in [0.25, 0.3) is 0 Å². The summed E-state index contributed by atoms with van der Waals surface area (Å²) in [6.45, 7) is -0.275. The standard InChI is InChI=1S/C8H12FN3/c9-5-2-1-3-8-11-6-4-7(10)12-8/h4,6H,1-3,5H2,(H2,10,11,12). The molecule has 0 amide bonds.